The molecule has 0 aliphatic rings. The predicted molar refractivity (Wildman–Crippen MR) is 83.8 cm³/mol. The Kier molecular flexibility index (Phi) is 3.73. The van der Waals surface area contributed by atoms with Gasteiger partial charge in [-0.25, -0.2) is 0 Å². The smallest absolute Gasteiger partial charge is 0.303 e. The van der Waals surface area contributed by atoms with Crippen LogP contribution in [-0.4, -0.2) is 17.7 Å². The van der Waals surface area contributed by atoms with Crippen molar-refractivity contribution in [1.29, 1.82) is 0 Å². The molecule has 3 rings (SSSR count). The zero-order chi connectivity index (χ0) is 14.7. The Labute approximate surface area is 122 Å². The fraction of sp³-hybridized carbons (Fsp3) is 0.167. The van der Waals surface area contributed by atoms with E-state index in [9.17, 15) is 4.79 Å². The van der Waals surface area contributed by atoms with E-state index < -0.39 is 5.97 Å². The van der Waals surface area contributed by atoms with Gasteiger partial charge in [-0.1, -0.05) is 30.3 Å². The highest BCUT2D eigenvalue weighted by atomic mass is 16.5. The molecule has 0 saturated carbocycles. The zero-order valence-electron chi connectivity index (χ0n) is 11.6. The number of benzene rings is 3. The molecule has 106 valence electrons. The summed E-state index contributed by atoms with van der Waals surface area (Å²) < 4.78 is 5.61. The summed E-state index contributed by atoms with van der Waals surface area (Å²) in [5.74, 6) is -0.00764. The molecule has 0 fully saturated rings. The molecule has 21 heavy (non-hydrogen) atoms. The molecule has 3 heteroatoms. The Morgan fingerprint density at radius 1 is 0.905 bits per heavy atom. The van der Waals surface area contributed by atoms with Crippen molar-refractivity contribution in [2.75, 3.05) is 6.61 Å². The minimum absolute atomic E-state index is 0.137. The number of ether oxygens (including phenoxy) is 1. The Bertz CT molecular complexity index is 793. The summed E-state index contributed by atoms with van der Waals surface area (Å²) in [5, 5.41) is 13.3. The zero-order valence-corrected chi connectivity index (χ0v) is 11.6. The topological polar surface area (TPSA) is 46.5 Å². The van der Waals surface area contributed by atoms with Crippen molar-refractivity contribution < 1.29 is 14.6 Å². The van der Waals surface area contributed by atoms with Gasteiger partial charge in [0.25, 0.3) is 0 Å². The summed E-state index contributed by atoms with van der Waals surface area (Å²) >= 11 is 0. The van der Waals surface area contributed by atoms with Gasteiger partial charge in [0, 0.05) is 6.42 Å². The first-order valence-electron chi connectivity index (χ1n) is 6.99. The van der Waals surface area contributed by atoms with Crippen molar-refractivity contribution in [3.8, 4) is 5.75 Å². The molecule has 0 bridgehead atoms. The number of carboxylic acid groups (broad SMARTS) is 1. The summed E-state index contributed by atoms with van der Waals surface area (Å²) in [5.41, 5.74) is 0. The van der Waals surface area contributed by atoms with Gasteiger partial charge in [-0.2, -0.15) is 0 Å². The molecule has 0 aliphatic carbocycles. The van der Waals surface area contributed by atoms with E-state index in [1.807, 2.05) is 30.3 Å². The van der Waals surface area contributed by atoms with E-state index in [-0.39, 0.29) is 6.42 Å². The number of hydrogen-bond acceptors (Lipinski definition) is 2. The third kappa shape index (κ3) is 3.14. The van der Waals surface area contributed by atoms with E-state index in [0.29, 0.717) is 13.0 Å². The highest BCUT2D eigenvalue weighted by Gasteiger charge is 2.01. The average molecular weight is 280 g/mol. The number of hydrogen-bond donors (Lipinski definition) is 1. The number of carboxylic acids is 1. The van der Waals surface area contributed by atoms with Crippen LogP contribution >= 0.6 is 0 Å². The van der Waals surface area contributed by atoms with Crippen LogP contribution in [0, 0.1) is 0 Å². The largest absolute Gasteiger partial charge is 0.494 e. The Morgan fingerprint density at radius 2 is 1.57 bits per heavy atom. The van der Waals surface area contributed by atoms with E-state index in [1.165, 1.54) is 16.2 Å². The highest BCUT2D eigenvalue weighted by Crippen LogP contribution is 2.26. The monoisotopic (exact) mass is 280 g/mol. The van der Waals surface area contributed by atoms with Crippen LogP contribution < -0.4 is 4.74 Å². The van der Waals surface area contributed by atoms with Gasteiger partial charge >= 0.3 is 5.97 Å². The normalized spacial score (nSPS) is 10.9. The molecule has 0 saturated heterocycles. The number of rotatable bonds is 5. The molecule has 3 nitrogen and oxygen atoms in total. The van der Waals surface area contributed by atoms with Crippen LogP contribution in [0.25, 0.3) is 21.5 Å². The second-order valence-corrected chi connectivity index (χ2v) is 5.05. The first kappa shape index (κ1) is 13.4. The summed E-state index contributed by atoms with van der Waals surface area (Å²) in [6.07, 6.45) is 0.656. The van der Waals surface area contributed by atoms with Crippen LogP contribution in [0.3, 0.4) is 0 Å². The first-order chi connectivity index (χ1) is 10.2. The molecule has 3 aromatic rings. The van der Waals surface area contributed by atoms with Gasteiger partial charge in [0.2, 0.25) is 0 Å². The molecule has 0 unspecified atom stereocenters. The van der Waals surface area contributed by atoms with Crippen LogP contribution in [0.4, 0.5) is 0 Å². The molecular formula is C18H16O3. The molecule has 0 spiro atoms. The maximum Gasteiger partial charge on any atom is 0.303 e. The molecule has 0 heterocycles. The van der Waals surface area contributed by atoms with Gasteiger partial charge in [0.15, 0.2) is 0 Å². The van der Waals surface area contributed by atoms with Gasteiger partial charge in [-0.05, 0) is 52.2 Å². The number of carbonyl (C=O) groups is 1. The number of aliphatic carboxylic acids is 1. The lowest BCUT2D eigenvalue weighted by Gasteiger charge is -2.07. The first-order valence-corrected chi connectivity index (χ1v) is 6.99. The van der Waals surface area contributed by atoms with E-state index in [1.54, 1.807) is 0 Å². The Balaban J connectivity index is 1.82. The van der Waals surface area contributed by atoms with Gasteiger partial charge in [-0.3, -0.25) is 4.79 Å². The minimum atomic E-state index is -0.788. The van der Waals surface area contributed by atoms with Crippen molar-refractivity contribution in [3.05, 3.63) is 54.6 Å². The SMILES string of the molecule is O=C(O)CCCOc1ccc2cc3ccccc3cc2c1. The second kappa shape index (κ2) is 5.83. The van der Waals surface area contributed by atoms with Gasteiger partial charge in [0.1, 0.15) is 5.75 Å². The second-order valence-electron chi connectivity index (χ2n) is 5.05. The standard InChI is InChI=1S/C18H16O3/c19-18(20)6-3-9-21-17-8-7-15-10-13-4-1-2-5-14(13)11-16(15)12-17/h1-2,4-5,7-8,10-12H,3,6,9H2,(H,19,20). The van der Waals surface area contributed by atoms with Crippen molar-refractivity contribution >= 4 is 27.5 Å². The lowest BCUT2D eigenvalue weighted by molar-refractivity contribution is -0.137. The lowest BCUT2D eigenvalue weighted by atomic mass is 10.0. The van der Waals surface area contributed by atoms with Crippen molar-refractivity contribution in [2.24, 2.45) is 0 Å². The maximum absolute atomic E-state index is 10.5. The van der Waals surface area contributed by atoms with Gasteiger partial charge in [-0.15, -0.1) is 0 Å². The van der Waals surface area contributed by atoms with E-state index in [2.05, 4.69) is 24.3 Å². The van der Waals surface area contributed by atoms with E-state index in [4.69, 9.17) is 9.84 Å². The van der Waals surface area contributed by atoms with E-state index in [0.717, 1.165) is 11.1 Å². The van der Waals surface area contributed by atoms with E-state index >= 15 is 0 Å². The highest BCUT2D eigenvalue weighted by molar-refractivity contribution is 5.98. The average Bonchev–Trinajstić information content (AvgIpc) is 2.49. The molecule has 3 aromatic carbocycles. The third-order valence-electron chi connectivity index (χ3n) is 3.48. The summed E-state index contributed by atoms with van der Waals surface area (Å²) in [6, 6.07) is 18.5. The Morgan fingerprint density at radius 3 is 2.29 bits per heavy atom. The maximum atomic E-state index is 10.5. The van der Waals surface area contributed by atoms with Crippen LogP contribution in [0.2, 0.25) is 0 Å². The fourth-order valence-corrected chi connectivity index (χ4v) is 2.42. The minimum Gasteiger partial charge on any atom is -0.494 e. The molecule has 0 aromatic heterocycles. The molecular weight excluding hydrogens is 264 g/mol. The summed E-state index contributed by atoms with van der Waals surface area (Å²) in [7, 11) is 0. The van der Waals surface area contributed by atoms with Crippen LogP contribution in [-0.2, 0) is 4.79 Å². The third-order valence-corrected chi connectivity index (χ3v) is 3.48. The molecule has 0 atom stereocenters. The fourth-order valence-electron chi connectivity index (χ4n) is 2.42. The van der Waals surface area contributed by atoms with Crippen molar-refractivity contribution in [3.63, 3.8) is 0 Å². The Hall–Kier alpha value is -2.55. The quantitative estimate of drug-likeness (QED) is 0.561. The summed E-state index contributed by atoms with van der Waals surface area (Å²) in [6.45, 7) is 0.422. The summed E-state index contributed by atoms with van der Waals surface area (Å²) in [4.78, 5) is 10.5. The predicted octanol–water partition coefficient (Wildman–Crippen LogP) is 4.24. The number of fused-ring (bicyclic) bond motifs is 2. The van der Waals surface area contributed by atoms with Crippen LogP contribution in [0.1, 0.15) is 12.8 Å². The van der Waals surface area contributed by atoms with Gasteiger partial charge in [0.05, 0.1) is 6.61 Å². The van der Waals surface area contributed by atoms with Crippen molar-refractivity contribution in [1.82, 2.24) is 0 Å². The molecule has 0 radical (unpaired) electrons. The van der Waals surface area contributed by atoms with Gasteiger partial charge < -0.3 is 9.84 Å². The molecule has 0 amide bonds. The molecule has 1 N–H and O–H groups in total. The van der Waals surface area contributed by atoms with Crippen LogP contribution in [0.5, 0.6) is 5.75 Å². The molecule has 0 aliphatic heterocycles. The van der Waals surface area contributed by atoms with Crippen molar-refractivity contribution in [2.45, 2.75) is 12.8 Å². The van der Waals surface area contributed by atoms with Crippen LogP contribution in [0.15, 0.2) is 54.6 Å². The lowest BCUT2D eigenvalue weighted by Crippen LogP contribution is -2.01.